The van der Waals surface area contributed by atoms with Crippen LogP contribution in [0.4, 0.5) is 5.69 Å². The second-order valence-corrected chi connectivity index (χ2v) is 5.35. The van der Waals surface area contributed by atoms with Crippen molar-refractivity contribution < 1.29 is 0 Å². The van der Waals surface area contributed by atoms with Crippen LogP contribution in [0.3, 0.4) is 0 Å². The van der Waals surface area contributed by atoms with E-state index in [2.05, 4.69) is 64.0 Å². The standard InChI is InChI=1S/C17H17N3.2ClH/c1-19-16-6-3-2-5-14(16)15-8-7-13(11-17(15)19)20-10-4-9-18-12-20;;/h2-3,5-8,11-12H,4,9-10H2,1H3;2*1H. The summed E-state index contributed by atoms with van der Waals surface area (Å²) in [6, 6.07) is 15.3. The normalized spacial score (nSPS) is 14.0. The van der Waals surface area contributed by atoms with Gasteiger partial charge in [-0.3, -0.25) is 4.99 Å². The van der Waals surface area contributed by atoms with Crippen molar-refractivity contribution in [1.29, 1.82) is 0 Å². The molecule has 0 saturated carbocycles. The quantitative estimate of drug-likeness (QED) is 0.644. The monoisotopic (exact) mass is 335 g/mol. The number of nitrogens with zero attached hydrogens (tertiary/aromatic N) is 3. The third-order valence-electron chi connectivity index (χ3n) is 4.14. The molecule has 3 nitrogen and oxygen atoms in total. The van der Waals surface area contributed by atoms with Crippen molar-refractivity contribution in [2.75, 3.05) is 18.0 Å². The van der Waals surface area contributed by atoms with Crippen LogP contribution >= 0.6 is 24.8 Å². The van der Waals surface area contributed by atoms with E-state index in [0.29, 0.717) is 0 Å². The van der Waals surface area contributed by atoms with Crippen molar-refractivity contribution >= 4 is 58.6 Å². The van der Waals surface area contributed by atoms with Crippen molar-refractivity contribution in [2.45, 2.75) is 6.42 Å². The molecule has 2 aromatic carbocycles. The smallest absolute Gasteiger partial charge is 0.0894 e. The van der Waals surface area contributed by atoms with Crippen LogP contribution in [-0.4, -0.2) is 24.0 Å². The summed E-state index contributed by atoms with van der Waals surface area (Å²) >= 11 is 0. The summed E-state index contributed by atoms with van der Waals surface area (Å²) in [6.07, 6.45) is 3.09. The van der Waals surface area contributed by atoms with Crippen molar-refractivity contribution in [2.24, 2.45) is 12.0 Å². The number of halogens is 2. The minimum absolute atomic E-state index is 0. The maximum Gasteiger partial charge on any atom is 0.0894 e. The Bertz CT molecular complexity index is 823. The number of anilines is 1. The fourth-order valence-electron chi connectivity index (χ4n) is 3.07. The number of fused-ring (bicyclic) bond motifs is 3. The first-order chi connectivity index (χ1) is 9.84. The molecule has 0 spiro atoms. The number of aryl methyl sites for hydroxylation is 1. The Kier molecular flexibility index (Phi) is 4.99. The highest BCUT2D eigenvalue weighted by molar-refractivity contribution is 6.09. The van der Waals surface area contributed by atoms with E-state index in [1.54, 1.807) is 0 Å². The number of hydrogen-bond donors (Lipinski definition) is 0. The van der Waals surface area contributed by atoms with Crippen LogP contribution in [0.5, 0.6) is 0 Å². The van der Waals surface area contributed by atoms with E-state index >= 15 is 0 Å². The molecule has 0 amide bonds. The third kappa shape index (κ3) is 2.55. The van der Waals surface area contributed by atoms with Crippen molar-refractivity contribution in [1.82, 2.24) is 4.57 Å². The fraction of sp³-hybridized carbons (Fsp3) is 0.235. The summed E-state index contributed by atoms with van der Waals surface area (Å²) in [5.41, 5.74) is 3.79. The van der Waals surface area contributed by atoms with E-state index in [1.807, 2.05) is 6.34 Å². The lowest BCUT2D eigenvalue weighted by atomic mass is 10.1. The molecule has 22 heavy (non-hydrogen) atoms. The van der Waals surface area contributed by atoms with Crippen LogP contribution < -0.4 is 4.90 Å². The lowest BCUT2D eigenvalue weighted by Gasteiger charge is -2.22. The molecule has 0 unspecified atom stereocenters. The van der Waals surface area contributed by atoms with E-state index in [-0.39, 0.29) is 24.8 Å². The predicted molar refractivity (Wildman–Crippen MR) is 100 cm³/mol. The maximum atomic E-state index is 4.37. The van der Waals surface area contributed by atoms with Gasteiger partial charge in [0, 0.05) is 42.1 Å². The Morgan fingerprint density at radius 3 is 2.50 bits per heavy atom. The molecule has 0 saturated heterocycles. The van der Waals surface area contributed by atoms with E-state index in [4.69, 9.17) is 0 Å². The SMILES string of the molecule is Cl.Cl.Cn1c2ccccc2c2ccc(N3C=NCCC3)cc21. The highest BCUT2D eigenvalue weighted by Crippen LogP contribution is 2.30. The van der Waals surface area contributed by atoms with Gasteiger partial charge < -0.3 is 9.47 Å². The van der Waals surface area contributed by atoms with Crippen LogP contribution in [0.2, 0.25) is 0 Å². The van der Waals surface area contributed by atoms with Gasteiger partial charge in [-0.25, -0.2) is 0 Å². The number of rotatable bonds is 1. The van der Waals surface area contributed by atoms with Crippen LogP contribution in [0.15, 0.2) is 47.5 Å². The Morgan fingerprint density at radius 2 is 1.73 bits per heavy atom. The number of aromatic nitrogens is 1. The lowest BCUT2D eigenvalue weighted by Crippen LogP contribution is -2.26. The molecular formula is C17H19Cl2N3. The summed E-state index contributed by atoms with van der Waals surface area (Å²) < 4.78 is 2.27. The van der Waals surface area contributed by atoms with Gasteiger partial charge in [-0.2, -0.15) is 0 Å². The molecule has 1 aliphatic rings. The van der Waals surface area contributed by atoms with Crippen LogP contribution in [0.1, 0.15) is 6.42 Å². The van der Waals surface area contributed by atoms with Gasteiger partial charge in [0.2, 0.25) is 0 Å². The molecule has 4 rings (SSSR count). The zero-order valence-electron chi connectivity index (χ0n) is 12.4. The minimum Gasteiger partial charge on any atom is -0.344 e. The van der Waals surface area contributed by atoms with Crippen LogP contribution in [0.25, 0.3) is 21.8 Å². The zero-order valence-corrected chi connectivity index (χ0v) is 14.0. The summed E-state index contributed by atoms with van der Waals surface area (Å²) in [5, 5.41) is 2.64. The Hall–Kier alpha value is -1.71. The molecule has 1 aliphatic heterocycles. The number of hydrogen-bond acceptors (Lipinski definition) is 2. The Balaban J connectivity index is 0.000000882. The van der Waals surface area contributed by atoms with E-state index in [9.17, 15) is 0 Å². The number of benzene rings is 2. The van der Waals surface area contributed by atoms with Crippen LogP contribution in [0, 0.1) is 0 Å². The second-order valence-electron chi connectivity index (χ2n) is 5.35. The van der Waals surface area contributed by atoms with Gasteiger partial charge in [0.15, 0.2) is 0 Å². The summed E-state index contributed by atoms with van der Waals surface area (Å²) in [7, 11) is 2.14. The van der Waals surface area contributed by atoms with E-state index in [0.717, 1.165) is 19.5 Å². The highest BCUT2D eigenvalue weighted by atomic mass is 35.5. The predicted octanol–water partition coefficient (Wildman–Crippen LogP) is 4.41. The van der Waals surface area contributed by atoms with Gasteiger partial charge in [0.1, 0.15) is 0 Å². The van der Waals surface area contributed by atoms with Gasteiger partial charge >= 0.3 is 0 Å². The van der Waals surface area contributed by atoms with E-state index < -0.39 is 0 Å². The first-order valence-electron chi connectivity index (χ1n) is 7.08. The summed E-state index contributed by atoms with van der Waals surface area (Å²) in [5.74, 6) is 0. The molecule has 2 heterocycles. The maximum absolute atomic E-state index is 4.37. The summed E-state index contributed by atoms with van der Waals surface area (Å²) in [4.78, 5) is 6.61. The number of aliphatic imine (C=N–C) groups is 1. The first kappa shape index (κ1) is 16.7. The largest absolute Gasteiger partial charge is 0.344 e. The highest BCUT2D eigenvalue weighted by Gasteiger charge is 2.11. The second kappa shape index (κ2) is 6.59. The van der Waals surface area contributed by atoms with E-state index in [1.165, 1.54) is 27.5 Å². The van der Waals surface area contributed by atoms with Gasteiger partial charge in [-0.05, 0) is 24.6 Å². The van der Waals surface area contributed by atoms with Gasteiger partial charge in [0.25, 0.3) is 0 Å². The first-order valence-corrected chi connectivity index (χ1v) is 7.08. The Morgan fingerprint density at radius 1 is 0.955 bits per heavy atom. The molecule has 0 bridgehead atoms. The molecule has 116 valence electrons. The molecule has 0 atom stereocenters. The molecule has 5 heteroatoms. The number of para-hydroxylation sites is 1. The minimum atomic E-state index is 0. The lowest BCUT2D eigenvalue weighted by molar-refractivity contribution is 0.802. The molecule has 3 aromatic rings. The molecule has 0 radical (unpaired) electrons. The Labute approximate surface area is 142 Å². The van der Waals surface area contributed by atoms with Crippen molar-refractivity contribution in [3.63, 3.8) is 0 Å². The molecule has 0 aliphatic carbocycles. The van der Waals surface area contributed by atoms with Crippen molar-refractivity contribution in [3.8, 4) is 0 Å². The molecular weight excluding hydrogens is 317 g/mol. The molecule has 0 fully saturated rings. The van der Waals surface area contributed by atoms with Gasteiger partial charge in [-0.1, -0.05) is 24.3 Å². The molecule has 1 aromatic heterocycles. The van der Waals surface area contributed by atoms with Crippen molar-refractivity contribution in [3.05, 3.63) is 42.5 Å². The van der Waals surface area contributed by atoms with Gasteiger partial charge in [0.05, 0.1) is 11.9 Å². The fourth-order valence-corrected chi connectivity index (χ4v) is 3.07. The topological polar surface area (TPSA) is 20.5 Å². The zero-order chi connectivity index (χ0) is 13.5. The third-order valence-corrected chi connectivity index (χ3v) is 4.14. The average Bonchev–Trinajstić information content (AvgIpc) is 2.81. The van der Waals surface area contributed by atoms with Gasteiger partial charge in [-0.15, -0.1) is 24.8 Å². The van der Waals surface area contributed by atoms with Crippen LogP contribution in [-0.2, 0) is 7.05 Å². The molecule has 0 N–H and O–H groups in total. The average molecular weight is 336 g/mol. The summed E-state index contributed by atoms with van der Waals surface area (Å²) in [6.45, 7) is 2.01.